The number of benzene rings is 1. The van der Waals surface area contributed by atoms with Gasteiger partial charge in [0.2, 0.25) is 0 Å². The van der Waals surface area contributed by atoms with Gasteiger partial charge in [0.15, 0.2) is 0 Å². The maximum Gasteiger partial charge on any atom is 0.0615 e. The summed E-state index contributed by atoms with van der Waals surface area (Å²) in [5.41, 5.74) is 7.26. The Bertz CT molecular complexity index is 359. The first kappa shape index (κ1) is 15.4. The van der Waals surface area contributed by atoms with Crippen LogP contribution in [0.2, 0.25) is 5.02 Å². The Morgan fingerprint density at radius 3 is 2.78 bits per heavy atom. The molecule has 0 saturated heterocycles. The molecule has 0 aliphatic carbocycles. The molecule has 0 fully saturated rings. The number of ether oxygens (including phenoxy) is 1. The molecule has 0 bridgehead atoms. The van der Waals surface area contributed by atoms with Crippen LogP contribution in [0.1, 0.15) is 24.9 Å². The van der Waals surface area contributed by atoms with Crippen molar-refractivity contribution in [3.63, 3.8) is 0 Å². The average Bonchev–Trinajstić information content (AvgIpc) is 2.35. The highest BCUT2D eigenvalue weighted by atomic mass is 35.5. The summed E-state index contributed by atoms with van der Waals surface area (Å²) >= 11 is 5.96. The monoisotopic (exact) mass is 270 g/mol. The summed E-state index contributed by atoms with van der Waals surface area (Å²) in [5.74, 6) is 0. The summed E-state index contributed by atoms with van der Waals surface area (Å²) in [6.07, 6.45) is 0.908. The van der Waals surface area contributed by atoms with E-state index < -0.39 is 0 Å². The van der Waals surface area contributed by atoms with Gasteiger partial charge in [-0.2, -0.15) is 0 Å². The lowest BCUT2D eigenvalue weighted by atomic mass is 10.0. The largest absolute Gasteiger partial charge is 0.383 e. The van der Waals surface area contributed by atoms with E-state index in [0.717, 1.165) is 30.2 Å². The zero-order valence-corrected chi connectivity index (χ0v) is 12.2. The van der Waals surface area contributed by atoms with Crippen molar-refractivity contribution >= 4 is 11.6 Å². The zero-order valence-electron chi connectivity index (χ0n) is 11.4. The molecule has 0 saturated carbocycles. The van der Waals surface area contributed by atoms with Gasteiger partial charge in [-0.15, -0.1) is 0 Å². The lowest BCUT2D eigenvalue weighted by Gasteiger charge is -2.25. The fourth-order valence-corrected chi connectivity index (χ4v) is 2.03. The minimum atomic E-state index is 0.0286. The first-order valence-electron chi connectivity index (χ1n) is 6.24. The van der Waals surface area contributed by atoms with Gasteiger partial charge < -0.3 is 15.4 Å². The highest BCUT2D eigenvalue weighted by Gasteiger charge is 2.12. The van der Waals surface area contributed by atoms with Crippen LogP contribution in [0.5, 0.6) is 0 Å². The van der Waals surface area contributed by atoms with Crippen molar-refractivity contribution in [3.8, 4) is 0 Å². The summed E-state index contributed by atoms with van der Waals surface area (Å²) in [6.45, 7) is 3.83. The van der Waals surface area contributed by atoms with Crippen molar-refractivity contribution in [1.82, 2.24) is 4.90 Å². The van der Waals surface area contributed by atoms with Crippen molar-refractivity contribution in [1.29, 1.82) is 0 Å². The molecular weight excluding hydrogens is 248 g/mol. The number of hydrogen-bond donors (Lipinski definition) is 1. The molecule has 2 unspecified atom stereocenters. The van der Waals surface area contributed by atoms with Gasteiger partial charge in [-0.3, -0.25) is 0 Å². The number of halogens is 1. The quantitative estimate of drug-likeness (QED) is 0.828. The van der Waals surface area contributed by atoms with Crippen LogP contribution in [-0.2, 0) is 4.74 Å². The molecule has 0 heterocycles. The summed E-state index contributed by atoms with van der Waals surface area (Å²) in [4.78, 5) is 2.26. The summed E-state index contributed by atoms with van der Waals surface area (Å²) in [7, 11) is 3.82. The molecule has 1 aromatic rings. The Morgan fingerprint density at radius 1 is 1.44 bits per heavy atom. The number of rotatable bonds is 7. The van der Waals surface area contributed by atoms with Crippen LogP contribution in [0.4, 0.5) is 0 Å². The smallest absolute Gasteiger partial charge is 0.0615 e. The molecule has 1 rings (SSSR count). The number of nitrogens with two attached hydrogens (primary N) is 1. The Labute approximate surface area is 115 Å². The third-order valence-corrected chi connectivity index (χ3v) is 3.47. The van der Waals surface area contributed by atoms with E-state index in [1.807, 2.05) is 24.3 Å². The molecule has 0 radical (unpaired) electrons. The van der Waals surface area contributed by atoms with Crippen LogP contribution in [-0.4, -0.2) is 38.3 Å². The highest BCUT2D eigenvalue weighted by Crippen LogP contribution is 2.18. The van der Waals surface area contributed by atoms with Crippen molar-refractivity contribution in [2.45, 2.75) is 25.4 Å². The zero-order chi connectivity index (χ0) is 13.5. The van der Waals surface area contributed by atoms with E-state index in [1.165, 1.54) is 0 Å². The Balaban J connectivity index is 2.43. The van der Waals surface area contributed by atoms with Crippen molar-refractivity contribution in [2.24, 2.45) is 5.73 Å². The van der Waals surface area contributed by atoms with Gasteiger partial charge in [-0.05, 0) is 38.1 Å². The molecule has 2 atom stereocenters. The fraction of sp³-hybridized carbons (Fsp3) is 0.571. The molecule has 0 spiro atoms. The second-order valence-electron chi connectivity index (χ2n) is 4.74. The fourth-order valence-electron chi connectivity index (χ4n) is 1.84. The van der Waals surface area contributed by atoms with Crippen molar-refractivity contribution in [3.05, 3.63) is 34.9 Å². The number of hydrogen-bond acceptors (Lipinski definition) is 3. The molecule has 0 aromatic heterocycles. The third kappa shape index (κ3) is 4.94. The molecule has 18 heavy (non-hydrogen) atoms. The lowest BCUT2D eigenvalue weighted by Crippen LogP contribution is -2.34. The van der Waals surface area contributed by atoms with E-state index in [2.05, 4.69) is 18.9 Å². The summed E-state index contributed by atoms with van der Waals surface area (Å²) < 4.78 is 5.14. The predicted octanol–water partition coefficient (Wildman–Crippen LogP) is 2.70. The minimum Gasteiger partial charge on any atom is -0.383 e. The van der Waals surface area contributed by atoms with Crippen LogP contribution in [0.3, 0.4) is 0 Å². The first-order chi connectivity index (χ1) is 8.54. The topological polar surface area (TPSA) is 38.5 Å². The standard InChI is InChI=1S/C14H23ClN2O/c1-11(10-18-3)17(2)8-7-14(16)12-5-4-6-13(15)9-12/h4-6,9,11,14H,7-8,10,16H2,1-3H3. The number of nitrogens with zero attached hydrogens (tertiary/aromatic N) is 1. The van der Waals surface area contributed by atoms with Crippen LogP contribution >= 0.6 is 11.6 Å². The van der Waals surface area contributed by atoms with Gasteiger partial charge in [-0.25, -0.2) is 0 Å². The third-order valence-electron chi connectivity index (χ3n) is 3.23. The minimum absolute atomic E-state index is 0.0286. The van der Waals surface area contributed by atoms with Gasteiger partial charge in [0.05, 0.1) is 6.61 Å². The van der Waals surface area contributed by atoms with E-state index in [0.29, 0.717) is 6.04 Å². The van der Waals surface area contributed by atoms with E-state index in [9.17, 15) is 0 Å². The van der Waals surface area contributed by atoms with Crippen molar-refractivity contribution in [2.75, 3.05) is 27.3 Å². The summed E-state index contributed by atoms with van der Waals surface area (Å²) in [5, 5.41) is 0.740. The lowest BCUT2D eigenvalue weighted by molar-refractivity contribution is 0.114. The summed E-state index contributed by atoms with van der Waals surface area (Å²) in [6, 6.07) is 8.20. The van der Waals surface area contributed by atoms with Gasteiger partial charge in [0, 0.05) is 30.8 Å². The van der Waals surface area contributed by atoms with Crippen LogP contribution in [0.15, 0.2) is 24.3 Å². The molecule has 1 aromatic carbocycles. The van der Waals surface area contributed by atoms with Gasteiger partial charge >= 0.3 is 0 Å². The second-order valence-corrected chi connectivity index (χ2v) is 5.17. The first-order valence-corrected chi connectivity index (χ1v) is 6.62. The molecule has 3 nitrogen and oxygen atoms in total. The molecule has 0 aliphatic heterocycles. The molecule has 0 amide bonds. The normalized spacial score (nSPS) is 14.8. The second kappa shape index (κ2) is 7.74. The van der Waals surface area contributed by atoms with Gasteiger partial charge in [-0.1, -0.05) is 23.7 Å². The van der Waals surface area contributed by atoms with Gasteiger partial charge in [0.25, 0.3) is 0 Å². The van der Waals surface area contributed by atoms with Gasteiger partial charge in [0.1, 0.15) is 0 Å². The van der Waals surface area contributed by atoms with Crippen LogP contribution in [0.25, 0.3) is 0 Å². The number of methoxy groups -OCH3 is 1. The number of likely N-dealkylation sites (N-methyl/N-ethyl adjacent to an activating group) is 1. The molecule has 2 N–H and O–H groups in total. The Kier molecular flexibility index (Phi) is 6.65. The van der Waals surface area contributed by atoms with E-state index >= 15 is 0 Å². The maximum absolute atomic E-state index is 6.17. The highest BCUT2D eigenvalue weighted by molar-refractivity contribution is 6.30. The Hall–Kier alpha value is -0.610. The van der Waals surface area contributed by atoms with E-state index in [-0.39, 0.29) is 6.04 Å². The van der Waals surface area contributed by atoms with E-state index in [1.54, 1.807) is 7.11 Å². The van der Waals surface area contributed by atoms with Crippen LogP contribution in [0, 0.1) is 0 Å². The molecule has 4 heteroatoms. The predicted molar refractivity (Wildman–Crippen MR) is 77.0 cm³/mol. The molecule has 0 aliphatic rings. The Morgan fingerprint density at radius 2 is 2.17 bits per heavy atom. The maximum atomic E-state index is 6.17. The molecular formula is C14H23ClN2O. The average molecular weight is 271 g/mol. The van der Waals surface area contributed by atoms with Crippen molar-refractivity contribution < 1.29 is 4.74 Å². The SMILES string of the molecule is COCC(C)N(C)CCC(N)c1cccc(Cl)c1. The van der Waals surface area contributed by atoms with E-state index in [4.69, 9.17) is 22.1 Å². The molecule has 102 valence electrons. The van der Waals surface area contributed by atoms with Crippen LogP contribution < -0.4 is 5.73 Å².